The number of aromatic nitrogens is 3. The zero-order valence-electron chi connectivity index (χ0n) is 10.5. The third-order valence-corrected chi connectivity index (χ3v) is 2.44. The average molecular weight is 255 g/mol. The molecule has 0 aromatic carbocycles. The summed E-state index contributed by atoms with van der Waals surface area (Å²) in [5.74, 6) is -0.764. The second-order valence-corrected chi connectivity index (χ2v) is 4.02. The molecule has 0 fully saturated rings. The highest BCUT2D eigenvalue weighted by molar-refractivity contribution is 5.82. The highest BCUT2D eigenvalue weighted by atomic mass is 16.4. The highest BCUT2D eigenvalue weighted by Crippen LogP contribution is 2.06. The van der Waals surface area contributed by atoms with Gasteiger partial charge in [-0.25, -0.2) is 4.79 Å². The molecule has 3 N–H and O–H groups in total. The summed E-state index contributed by atoms with van der Waals surface area (Å²) >= 11 is 0. The lowest BCUT2D eigenvalue weighted by Crippen LogP contribution is -2.47. The van der Waals surface area contributed by atoms with Crippen molar-refractivity contribution in [2.75, 3.05) is 6.54 Å². The van der Waals surface area contributed by atoms with E-state index in [0.29, 0.717) is 5.82 Å². The number of carbonyl (C=O) groups excluding carboxylic acids is 1. The summed E-state index contributed by atoms with van der Waals surface area (Å²) in [5, 5.41) is 21.9. The fraction of sp³-hybridized carbons (Fsp3) is 0.600. The monoisotopic (exact) mass is 255 g/mol. The van der Waals surface area contributed by atoms with Crippen LogP contribution in [0.5, 0.6) is 0 Å². The van der Waals surface area contributed by atoms with Crippen LogP contribution in [0, 0.1) is 0 Å². The van der Waals surface area contributed by atoms with Gasteiger partial charge in [0.1, 0.15) is 18.2 Å². The summed E-state index contributed by atoms with van der Waals surface area (Å²) in [5.41, 5.74) is 0. The Morgan fingerprint density at radius 2 is 2.22 bits per heavy atom. The van der Waals surface area contributed by atoms with E-state index in [9.17, 15) is 9.59 Å². The van der Waals surface area contributed by atoms with E-state index in [1.807, 2.05) is 6.92 Å². The maximum absolute atomic E-state index is 10.9. The molecule has 1 aromatic rings. The van der Waals surface area contributed by atoms with Crippen molar-refractivity contribution in [1.29, 1.82) is 0 Å². The summed E-state index contributed by atoms with van der Waals surface area (Å²) in [7, 11) is 1.80. The van der Waals surface area contributed by atoms with Crippen molar-refractivity contribution in [3.63, 3.8) is 0 Å². The lowest BCUT2D eigenvalue weighted by atomic mass is 10.2. The Hall–Kier alpha value is -1.96. The lowest BCUT2D eigenvalue weighted by molar-refractivity contribution is -0.141. The molecule has 0 saturated carbocycles. The van der Waals surface area contributed by atoms with Crippen LogP contribution < -0.4 is 10.6 Å². The first kappa shape index (κ1) is 14.1. The van der Waals surface area contributed by atoms with Crippen LogP contribution in [-0.2, 0) is 16.6 Å². The Kier molecular flexibility index (Phi) is 4.78. The minimum Gasteiger partial charge on any atom is -0.480 e. The van der Waals surface area contributed by atoms with Crippen molar-refractivity contribution in [2.24, 2.45) is 7.05 Å². The molecule has 0 aliphatic carbocycles. The van der Waals surface area contributed by atoms with Gasteiger partial charge in [-0.2, -0.15) is 0 Å². The average Bonchev–Trinajstić information content (AvgIpc) is 2.69. The molecule has 1 rings (SSSR count). The molecule has 1 heterocycles. The topological polar surface area (TPSA) is 109 Å². The van der Waals surface area contributed by atoms with Crippen LogP contribution in [0.25, 0.3) is 0 Å². The van der Waals surface area contributed by atoms with Crippen molar-refractivity contribution >= 4 is 11.9 Å². The second kappa shape index (κ2) is 6.10. The number of aliphatic carboxylic acids is 1. The highest BCUT2D eigenvalue weighted by Gasteiger charge is 2.20. The maximum atomic E-state index is 10.9. The van der Waals surface area contributed by atoms with E-state index in [0.717, 1.165) is 0 Å². The smallest absolute Gasteiger partial charge is 0.327 e. The van der Waals surface area contributed by atoms with Crippen LogP contribution in [0.2, 0.25) is 0 Å². The molecule has 1 amide bonds. The minimum absolute atomic E-state index is 0.114. The number of rotatable bonds is 6. The molecule has 0 spiro atoms. The standard InChI is InChI=1S/C10H17N5O3/c1-6(9-14-12-5-15(9)3)11-4-8(10(17)18)13-7(2)16/h5-6,8,11H,4H2,1-3H3,(H,13,16)(H,17,18). The first-order valence-corrected chi connectivity index (χ1v) is 5.49. The molecule has 0 saturated heterocycles. The Labute approximate surface area is 104 Å². The van der Waals surface area contributed by atoms with Gasteiger partial charge >= 0.3 is 5.97 Å². The molecule has 0 aliphatic heterocycles. The van der Waals surface area contributed by atoms with E-state index in [4.69, 9.17) is 5.11 Å². The van der Waals surface area contributed by atoms with Gasteiger partial charge in [0.15, 0.2) is 0 Å². The summed E-state index contributed by atoms with van der Waals surface area (Å²) in [6, 6.07) is -1.12. The van der Waals surface area contributed by atoms with Crippen LogP contribution in [0.15, 0.2) is 6.33 Å². The molecule has 2 unspecified atom stereocenters. The van der Waals surface area contributed by atoms with Gasteiger partial charge in [0, 0.05) is 20.5 Å². The molecule has 18 heavy (non-hydrogen) atoms. The minimum atomic E-state index is -1.08. The first-order valence-electron chi connectivity index (χ1n) is 5.49. The van der Waals surface area contributed by atoms with E-state index < -0.39 is 12.0 Å². The number of nitrogens with one attached hydrogen (secondary N) is 2. The largest absolute Gasteiger partial charge is 0.480 e. The molecule has 0 bridgehead atoms. The predicted octanol–water partition coefficient (Wildman–Crippen LogP) is -0.945. The van der Waals surface area contributed by atoms with Crippen molar-refractivity contribution in [3.8, 4) is 0 Å². The first-order chi connectivity index (χ1) is 8.41. The zero-order valence-corrected chi connectivity index (χ0v) is 10.5. The van der Waals surface area contributed by atoms with E-state index in [-0.39, 0.29) is 18.5 Å². The number of nitrogens with zero attached hydrogens (tertiary/aromatic N) is 3. The third kappa shape index (κ3) is 3.81. The molecule has 100 valence electrons. The number of carboxylic acid groups (broad SMARTS) is 1. The van der Waals surface area contributed by atoms with Crippen LogP contribution >= 0.6 is 0 Å². The van der Waals surface area contributed by atoms with Crippen molar-refractivity contribution < 1.29 is 14.7 Å². The van der Waals surface area contributed by atoms with Gasteiger partial charge in [0.2, 0.25) is 5.91 Å². The number of carboxylic acids is 1. The number of amides is 1. The SMILES string of the molecule is CC(=O)NC(CNC(C)c1nncn1C)C(=O)O. The Balaban J connectivity index is 2.54. The van der Waals surface area contributed by atoms with Crippen LogP contribution in [0.1, 0.15) is 25.7 Å². The van der Waals surface area contributed by atoms with E-state index in [1.54, 1.807) is 17.9 Å². The molecule has 8 nitrogen and oxygen atoms in total. The number of aryl methyl sites for hydroxylation is 1. The molecule has 0 radical (unpaired) electrons. The predicted molar refractivity (Wildman–Crippen MR) is 62.7 cm³/mol. The van der Waals surface area contributed by atoms with Crippen LogP contribution in [0.4, 0.5) is 0 Å². The normalized spacial score (nSPS) is 13.9. The van der Waals surface area contributed by atoms with Crippen molar-refractivity contribution in [1.82, 2.24) is 25.4 Å². The van der Waals surface area contributed by atoms with Gasteiger partial charge < -0.3 is 20.3 Å². The zero-order chi connectivity index (χ0) is 13.7. The summed E-state index contributed by atoms with van der Waals surface area (Å²) in [6.45, 7) is 3.24. The molecule has 1 aromatic heterocycles. The second-order valence-electron chi connectivity index (χ2n) is 4.02. The van der Waals surface area contributed by atoms with E-state index in [1.165, 1.54) is 6.92 Å². The maximum Gasteiger partial charge on any atom is 0.327 e. The summed E-state index contributed by atoms with van der Waals surface area (Å²) < 4.78 is 1.74. The van der Waals surface area contributed by atoms with Gasteiger partial charge in [-0.05, 0) is 6.92 Å². The Bertz CT molecular complexity index is 431. The van der Waals surface area contributed by atoms with Gasteiger partial charge in [-0.15, -0.1) is 10.2 Å². The Morgan fingerprint density at radius 1 is 1.56 bits per heavy atom. The quantitative estimate of drug-likeness (QED) is 0.605. The fourth-order valence-electron chi connectivity index (χ4n) is 1.52. The molecular formula is C10H17N5O3. The van der Waals surface area contributed by atoms with Gasteiger partial charge in [-0.3, -0.25) is 4.79 Å². The number of carbonyl (C=O) groups is 2. The summed E-state index contributed by atoms with van der Waals surface area (Å²) in [6.07, 6.45) is 1.57. The van der Waals surface area contributed by atoms with Gasteiger partial charge in [-0.1, -0.05) is 0 Å². The molecular weight excluding hydrogens is 238 g/mol. The molecule has 0 aliphatic rings. The third-order valence-electron chi connectivity index (χ3n) is 2.44. The van der Waals surface area contributed by atoms with E-state index >= 15 is 0 Å². The molecule has 8 heteroatoms. The van der Waals surface area contributed by atoms with Crippen molar-refractivity contribution in [3.05, 3.63) is 12.2 Å². The lowest BCUT2D eigenvalue weighted by Gasteiger charge is -2.17. The van der Waals surface area contributed by atoms with E-state index in [2.05, 4.69) is 20.8 Å². The van der Waals surface area contributed by atoms with Crippen LogP contribution in [-0.4, -0.2) is 44.3 Å². The summed E-state index contributed by atoms with van der Waals surface area (Å²) in [4.78, 5) is 21.8. The number of hydrogen-bond donors (Lipinski definition) is 3. The number of hydrogen-bond acceptors (Lipinski definition) is 5. The van der Waals surface area contributed by atoms with Crippen LogP contribution in [0.3, 0.4) is 0 Å². The van der Waals surface area contributed by atoms with Gasteiger partial charge in [0.25, 0.3) is 0 Å². The van der Waals surface area contributed by atoms with Gasteiger partial charge in [0.05, 0.1) is 6.04 Å². The van der Waals surface area contributed by atoms with Crippen molar-refractivity contribution in [2.45, 2.75) is 25.9 Å². The Morgan fingerprint density at radius 3 is 2.67 bits per heavy atom. The molecule has 2 atom stereocenters. The fourth-order valence-corrected chi connectivity index (χ4v) is 1.52.